The summed E-state index contributed by atoms with van der Waals surface area (Å²) in [6.07, 6.45) is 8.16. The summed E-state index contributed by atoms with van der Waals surface area (Å²) in [7, 11) is 0. The highest BCUT2D eigenvalue weighted by atomic mass is 15.2. The van der Waals surface area contributed by atoms with Crippen molar-refractivity contribution in [2.24, 2.45) is 5.92 Å². The Hall–Kier alpha value is -1.25. The van der Waals surface area contributed by atoms with Gasteiger partial charge in [0.1, 0.15) is 0 Å². The molecule has 0 aliphatic heterocycles. The smallest absolute Gasteiger partial charge is 0.203 e. The first-order valence-corrected chi connectivity index (χ1v) is 5.60. The van der Waals surface area contributed by atoms with Crippen LogP contribution in [-0.2, 0) is 6.54 Å². The summed E-state index contributed by atoms with van der Waals surface area (Å²) in [6, 6.07) is 0. The van der Waals surface area contributed by atoms with E-state index in [1.807, 2.05) is 18.5 Å². The molecule has 1 rings (SSSR count). The third kappa shape index (κ3) is 4.19. The van der Waals surface area contributed by atoms with Crippen molar-refractivity contribution in [1.82, 2.24) is 9.55 Å². The Morgan fingerprint density at radius 3 is 3.07 bits per heavy atom. The average Bonchev–Trinajstić information content (AvgIpc) is 2.62. The molecule has 0 unspecified atom stereocenters. The van der Waals surface area contributed by atoms with Crippen LogP contribution in [0.2, 0.25) is 0 Å². The predicted molar refractivity (Wildman–Crippen MR) is 65.0 cm³/mol. The minimum Gasteiger partial charge on any atom is -0.352 e. The largest absolute Gasteiger partial charge is 0.352 e. The van der Waals surface area contributed by atoms with Gasteiger partial charge < -0.3 is 9.88 Å². The second kappa shape index (κ2) is 6.27. The predicted octanol–water partition coefficient (Wildman–Crippen LogP) is 2.92. The van der Waals surface area contributed by atoms with Crippen molar-refractivity contribution in [3.63, 3.8) is 0 Å². The SMILES string of the molecule is C=CCNc1nccn1CCCC(C)C. The van der Waals surface area contributed by atoms with Crippen molar-refractivity contribution < 1.29 is 0 Å². The normalized spacial score (nSPS) is 10.6. The van der Waals surface area contributed by atoms with Crippen LogP contribution in [0.25, 0.3) is 0 Å². The van der Waals surface area contributed by atoms with E-state index in [0.717, 1.165) is 25.0 Å². The number of anilines is 1. The fourth-order valence-electron chi connectivity index (χ4n) is 1.49. The molecule has 0 saturated heterocycles. The van der Waals surface area contributed by atoms with Crippen LogP contribution in [0.4, 0.5) is 5.95 Å². The molecule has 1 aromatic rings. The van der Waals surface area contributed by atoms with E-state index in [2.05, 4.69) is 35.3 Å². The highest BCUT2D eigenvalue weighted by molar-refractivity contribution is 5.26. The van der Waals surface area contributed by atoms with E-state index in [4.69, 9.17) is 0 Å². The van der Waals surface area contributed by atoms with Crippen molar-refractivity contribution in [2.45, 2.75) is 33.2 Å². The van der Waals surface area contributed by atoms with E-state index < -0.39 is 0 Å². The molecule has 1 N–H and O–H groups in total. The van der Waals surface area contributed by atoms with Gasteiger partial charge in [0.2, 0.25) is 5.95 Å². The minimum atomic E-state index is 0.765. The maximum absolute atomic E-state index is 4.26. The molecule has 3 nitrogen and oxygen atoms in total. The molecule has 0 radical (unpaired) electrons. The van der Waals surface area contributed by atoms with Gasteiger partial charge in [0.15, 0.2) is 0 Å². The fraction of sp³-hybridized carbons (Fsp3) is 0.583. The van der Waals surface area contributed by atoms with Crippen LogP contribution in [0.3, 0.4) is 0 Å². The van der Waals surface area contributed by atoms with Crippen molar-refractivity contribution in [3.8, 4) is 0 Å². The molecule has 0 aliphatic rings. The van der Waals surface area contributed by atoms with Gasteiger partial charge in [0.05, 0.1) is 0 Å². The number of nitrogens with zero attached hydrogens (tertiary/aromatic N) is 2. The average molecular weight is 207 g/mol. The number of nitrogens with one attached hydrogen (secondary N) is 1. The van der Waals surface area contributed by atoms with Gasteiger partial charge in [-0.3, -0.25) is 0 Å². The topological polar surface area (TPSA) is 29.9 Å². The highest BCUT2D eigenvalue weighted by Gasteiger charge is 2.01. The van der Waals surface area contributed by atoms with Crippen molar-refractivity contribution in [1.29, 1.82) is 0 Å². The van der Waals surface area contributed by atoms with Crippen LogP contribution < -0.4 is 5.32 Å². The number of imidazole rings is 1. The van der Waals surface area contributed by atoms with Crippen LogP contribution in [-0.4, -0.2) is 16.1 Å². The molecule has 0 fully saturated rings. The molecular formula is C12H21N3. The molecule has 15 heavy (non-hydrogen) atoms. The second-order valence-electron chi connectivity index (χ2n) is 4.15. The Kier molecular flexibility index (Phi) is 4.95. The maximum atomic E-state index is 4.26. The molecule has 0 aliphatic carbocycles. The third-order valence-electron chi connectivity index (χ3n) is 2.30. The molecule has 0 spiro atoms. The summed E-state index contributed by atoms with van der Waals surface area (Å²) < 4.78 is 2.16. The van der Waals surface area contributed by atoms with E-state index in [1.54, 1.807) is 0 Å². The van der Waals surface area contributed by atoms with E-state index in [1.165, 1.54) is 12.8 Å². The molecule has 0 bridgehead atoms. The van der Waals surface area contributed by atoms with Crippen molar-refractivity contribution in [3.05, 3.63) is 25.0 Å². The molecule has 3 heteroatoms. The third-order valence-corrected chi connectivity index (χ3v) is 2.30. The fourth-order valence-corrected chi connectivity index (χ4v) is 1.49. The minimum absolute atomic E-state index is 0.765. The Morgan fingerprint density at radius 1 is 1.60 bits per heavy atom. The summed E-state index contributed by atoms with van der Waals surface area (Å²) in [5.41, 5.74) is 0. The second-order valence-corrected chi connectivity index (χ2v) is 4.15. The van der Waals surface area contributed by atoms with Gasteiger partial charge in [-0.15, -0.1) is 6.58 Å². The monoisotopic (exact) mass is 207 g/mol. The van der Waals surface area contributed by atoms with Gasteiger partial charge in [0, 0.05) is 25.5 Å². The molecule has 0 amide bonds. The van der Waals surface area contributed by atoms with Gasteiger partial charge in [-0.1, -0.05) is 19.9 Å². The van der Waals surface area contributed by atoms with Crippen LogP contribution in [0.15, 0.2) is 25.0 Å². The van der Waals surface area contributed by atoms with E-state index in [9.17, 15) is 0 Å². The summed E-state index contributed by atoms with van der Waals surface area (Å²) >= 11 is 0. The van der Waals surface area contributed by atoms with Crippen molar-refractivity contribution in [2.75, 3.05) is 11.9 Å². The Morgan fingerprint density at radius 2 is 2.40 bits per heavy atom. The first kappa shape index (κ1) is 11.8. The standard InChI is InChI=1S/C12H21N3/c1-4-7-13-12-14-8-10-15(12)9-5-6-11(2)3/h4,8,10-11H,1,5-7,9H2,2-3H3,(H,13,14). The zero-order valence-electron chi connectivity index (χ0n) is 9.74. The van der Waals surface area contributed by atoms with Crippen molar-refractivity contribution >= 4 is 5.95 Å². The number of aryl methyl sites for hydroxylation is 1. The van der Waals surface area contributed by atoms with Gasteiger partial charge >= 0.3 is 0 Å². The van der Waals surface area contributed by atoms with Crippen LogP contribution in [0, 0.1) is 5.92 Å². The first-order valence-electron chi connectivity index (χ1n) is 5.60. The highest BCUT2D eigenvalue weighted by Crippen LogP contribution is 2.09. The van der Waals surface area contributed by atoms with Gasteiger partial charge in [-0.2, -0.15) is 0 Å². The molecule has 0 aromatic carbocycles. The van der Waals surface area contributed by atoms with E-state index >= 15 is 0 Å². The molecule has 0 atom stereocenters. The zero-order valence-corrected chi connectivity index (χ0v) is 9.74. The van der Waals surface area contributed by atoms with Gasteiger partial charge in [-0.25, -0.2) is 4.98 Å². The van der Waals surface area contributed by atoms with Gasteiger partial charge in [-0.05, 0) is 18.8 Å². The maximum Gasteiger partial charge on any atom is 0.203 e. The molecule has 1 heterocycles. The summed E-state index contributed by atoms with van der Waals surface area (Å²) in [6.45, 7) is 9.99. The lowest BCUT2D eigenvalue weighted by atomic mass is 10.1. The lowest BCUT2D eigenvalue weighted by Gasteiger charge is -2.09. The van der Waals surface area contributed by atoms with Crippen LogP contribution in [0.5, 0.6) is 0 Å². The lowest BCUT2D eigenvalue weighted by molar-refractivity contribution is 0.514. The lowest BCUT2D eigenvalue weighted by Crippen LogP contribution is -2.07. The van der Waals surface area contributed by atoms with Crippen LogP contribution in [0.1, 0.15) is 26.7 Å². The van der Waals surface area contributed by atoms with Crippen LogP contribution >= 0.6 is 0 Å². The molecule has 84 valence electrons. The number of rotatable bonds is 7. The number of aromatic nitrogens is 2. The van der Waals surface area contributed by atoms with E-state index in [0.29, 0.717) is 0 Å². The quantitative estimate of drug-likeness (QED) is 0.697. The summed E-state index contributed by atoms with van der Waals surface area (Å²) in [5, 5.41) is 3.21. The summed E-state index contributed by atoms with van der Waals surface area (Å²) in [4.78, 5) is 4.26. The van der Waals surface area contributed by atoms with Gasteiger partial charge in [0.25, 0.3) is 0 Å². The number of hydrogen-bond donors (Lipinski definition) is 1. The molecular weight excluding hydrogens is 186 g/mol. The number of hydrogen-bond acceptors (Lipinski definition) is 2. The zero-order chi connectivity index (χ0) is 11.1. The Bertz CT molecular complexity index is 289. The Balaban J connectivity index is 2.39. The Labute approximate surface area is 92.2 Å². The van der Waals surface area contributed by atoms with E-state index in [-0.39, 0.29) is 0 Å². The molecule has 1 aromatic heterocycles. The molecule has 0 saturated carbocycles. The summed E-state index contributed by atoms with van der Waals surface area (Å²) in [5.74, 6) is 1.72. The first-order chi connectivity index (χ1) is 7.24.